The summed E-state index contributed by atoms with van der Waals surface area (Å²) < 4.78 is 2.47. The Morgan fingerprint density at radius 2 is 1.02 bits per heavy atom. The number of aliphatic imine (C=N–C) groups is 1. The predicted octanol–water partition coefficient (Wildman–Crippen LogP) is 15.2. The average molecular weight is 807 g/mol. The Morgan fingerprint density at radius 1 is 0.429 bits per heavy atom. The average Bonchev–Trinajstić information content (AvgIpc) is 3.64. The maximum atomic E-state index is 5.46. The van der Waals surface area contributed by atoms with Crippen molar-refractivity contribution in [2.75, 3.05) is 11.9 Å². The smallest absolute Gasteiger partial charge is 0.137 e. The van der Waals surface area contributed by atoms with Crippen molar-refractivity contribution in [1.29, 1.82) is 0 Å². The van der Waals surface area contributed by atoms with Gasteiger partial charge in [0.25, 0.3) is 0 Å². The van der Waals surface area contributed by atoms with E-state index >= 15 is 0 Å². The van der Waals surface area contributed by atoms with Gasteiger partial charge in [0.2, 0.25) is 0 Å². The first kappa shape index (κ1) is 36.6. The molecule has 1 aromatic heterocycles. The van der Waals surface area contributed by atoms with Gasteiger partial charge in [-0.25, -0.2) is 4.99 Å². The van der Waals surface area contributed by atoms with E-state index in [-0.39, 0.29) is 6.04 Å². The summed E-state index contributed by atoms with van der Waals surface area (Å²) >= 11 is 0. The van der Waals surface area contributed by atoms with Crippen LogP contribution in [0.3, 0.4) is 0 Å². The van der Waals surface area contributed by atoms with Crippen molar-refractivity contribution in [3.63, 3.8) is 0 Å². The van der Waals surface area contributed by atoms with E-state index in [0.29, 0.717) is 0 Å². The highest BCUT2D eigenvalue weighted by molar-refractivity contribution is 6.13. The summed E-state index contributed by atoms with van der Waals surface area (Å²) in [5.41, 5.74) is 19.6. The lowest BCUT2D eigenvalue weighted by Crippen LogP contribution is -2.35. The minimum atomic E-state index is 0.0122. The van der Waals surface area contributed by atoms with Crippen molar-refractivity contribution >= 4 is 39.5 Å². The van der Waals surface area contributed by atoms with Crippen LogP contribution in [-0.2, 0) is 0 Å². The molecule has 9 aromatic carbocycles. The maximum absolute atomic E-state index is 5.46. The minimum absolute atomic E-state index is 0.0122. The summed E-state index contributed by atoms with van der Waals surface area (Å²) in [6.07, 6.45) is 0. The first-order valence-corrected chi connectivity index (χ1v) is 21.6. The van der Waals surface area contributed by atoms with Gasteiger partial charge in [0.1, 0.15) is 5.84 Å². The second-order valence-electron chi connectivity index (χ2n) is 16.4. The molecule has 0 bridgehead atoms. The van der Waals surface area contributed by atoms with Crippen LogP contribution in [0.15, 0.2) is 236 Å². The third-order valence-corrected chi connectivity index (χ3v) is 12.8. The lowest BCUT2D eigenvalue weighted by Gasteiger charge is -2.37. The molecule has 0 saturated heterocycles. The summed E-state index contributed by atoms with van der Waals surface area (Å²) in [4.78, 5) is 10.2. The van der Waals surface area contributed by atoms with Gasteiger partial charge < -0.3 is 14.4 Å². The molecule has 12 rings (SSSR count). The van der Waals surface area contributed by atoms with Crippen LogP contribution in [-0.4, -0.2) is 22.4 Å². The Kier molecular flexibility index (Phi) is 8.75. The van der Waals surface area contributed by atoms with Gasteiger partial charge in [0, 0.05) is 57.2 Å². The Bertz CT molecular complexity index is 3350. The third kappa shape index (κ3) is 6.02. The monoisotopic (exact) mass is 806 g/mol. The first-order chi connectivity index (χ1) is 31.2. The van der Waals surface area contributed by atoms with Crippen LogP contribution < -0.4 is 4.90 Å². The fraction of sp³-hybridized carbons (Fsp3) is 0.0339. The molecule has 0 radical (unpaired) electrons. The highest BCUT2D eigenvalue weighted by Crippen LogP contribution is 2.55. The summed E-state index contributed by atoms with van der Waals surface area (Å²) in [5, 5.41) is 1.22. The van der Waals surface area contributed by atoms with Crippen molar-refractivity contribution in [2.45, 2.75) is 6.04 Å². The van der Waals surface area contributed by atoms with Gasteiger partial charge in [0.15, 0.2) is 0 Å². The molecule has 0 aliphatic carbocycles. The van der Waals surface area contributed by atoms with E-state index in [1.165, 1.54) is 55.5 Å². The maximum Gasteiger partial charge on any atom is 0.137 e. The minimum Gasteiger partial charge on any atom is -0.348 e. The molecule has 4 heteroatoms. The van der Waals surface area contributed by atoms with Crippen molar-refractivity contribution in [3.8, 4) is 50.3 Å². The molecule has 0 fully saturated rings. The van der Waals surface area contributed by atoms with Crippen LogP contribution in [0.2, 0.25) is 0 Å². The number of anilines is 3. The fourth-order valence-corrected chi connectivity index (χ4v) is 9.99. The second-order valence-corrected chi connectivity index (χ2v) is 16.4. The van der Waals surface area contributed by atoms with E-state index in [1.54, 1.807) is 0 Å². The molecular weight excluding hydrogens is 765 g/mol. The largest absolute Gasteiger partial charge is 0.348 e. The molecule has 4 nitrogen and oxygen atoms in total. The van der Waals surface area contributed by atoms with E-state index in [1.807, 2.05) is 0 Å². The van der Waals surface area contributed by atoms with Crippen LogP contribution in [0.25, 0.3) is 61.2 Å². The van der Waals surface area contributed by atoms with Gasteiger partial charge in [-0.15, -0.1) is 0 Å². The standard InChI is InChI=1S/C59H42N4/c1-61-57(42-21-7-3-8-22-42)51-31-18-30-47(56(51)60-59(61)43-23-9-4-10-24-43)41-35-37-45(38-36-41)62-52-32-14-11-27-48(52)55-49-28-12-15-33-53(49)63(58(55)50-29-13-16-34-54(50)62)46-26-17-25-44(39-46)40-19-5-2-6-20-40/h2-39,57H,1H3. The lowest BCUT2D eigenvalue weighted by molar-refractivity contribution is 0.422. The quantitative estimate of drug-likeness (QED) is 0.167. The Balaban J connectivity index is 1.02. The van der Waals surface area contributed by atoms with E-state index in [0.717, 1.165) is 51.0 Å². The van der Waals surface area contributed by atoms with Crippen molar-refractivity contribution in [2.24, 2.45) is 4.99 Å². The highest BCUT2D eigenvalue weighted by Gasteiger charge is 2.33. The number of aromatic nitrogens is 1. The molecule has 1 unspecified atom stereocenters. The number of fused-ring (bicyclic) bond motifs is 8. The number of hydrogen-bond acceptors (Lipinski definition) is 3. The fourth-order valence-electron chi connectivity index (χ4n) is 9.99. The molecule has 2 aliphatic heterocycles. The number of amidine groups is 1. The van der Waals surface area contributed by atoms with E-state index in [4.69, 9.17) is 4.99 Å². The SMILES string of the molecule is CN1C(c2ccccc2)=Nc2c(-c3ccc(N4c5ccccc5-c5c(n(-c6cccc(-c7ccccc7)c6)c6ccccc56)-c5ccccc54)cc3)cccc2C1c1ccccc1. The van der Waals surface area contributed by atoms with Crippen LogP contribution >= 0.6 is 0 Å². The molecular formula is C59H42N4. The Morgan fingerprint density at radius 3 is 1.78 bits per heavy atom. The molecule has 1 atom stereocenters. The molecule has 0 spiro atoms. The van der Waals surface area contributed by atoms with E-state index < -0.39 is 0 Å². The van der Waals surface area contributed by atoms with E-state index in [9.17, 15) is 0 Å². The topological polar surface area (TPSA) is 23.8 Å². The lowest BCUT2D eigenvalue weighted by atomic mass is 9.89. The van der Waals surface area contributed by atoms with Crippen molar-refractivity contribution in [3.05, 3.63) is 247 Å². The van der Waals surface area contributed by atoms with Gasteiger partial charge in [-0.1, -0.05) is 188 Å². The first-order valence-electron chi connectivity index (χ1n) is 21.6. The Labute approximate surface area is 367 Å². The second kappa shape index (κ2) is 15.1. The zero-order valence-electron chi connectivity index (χ0n) is 34.8. The summed E-state index contributed by atoms with van der Waals surface area (Å²) in [6, 6.07) is 83.3. The van der Waals surface area contributed by atoms with Gasteiger partial charge in [-0.2, -0.15) is 0 Å². The molecule has 0 N–H and O–H groups in total. The number of hydrogen-bond donors (Lipinski definition) is 0. The molecule has 10 aromatic rings. The van der Waals surface area contributed by atoms with Crippen LogP contribution in [0.4, 0.5) is 22.7 Å². The van der Waals surface area contributed by atoms with Crippen LogP contribution in [0, 0.1) is 0 Å². The summed E-state index contributed by atoms with van der Waals surface area (Å²) in [6.45, 7) is 0. The number of benzene rings is 9. The molecule has 2 aliphatic rings. The summed E-state index contributed by atoms with van der Waals surface area (Å²) in [7, 11) is 2.16. The van der Waals surface area contributed by atoms with Gasteiger partial charge >= 0.3 is 0 Å². The van der Waals surface area contributed by atoms with Gasteiger partial charge in [-0.05, 0) is 64.7 Å². The number of nitrogens with zero attached hydrogens (tertiary/aromatic N) is 4. The summed E-state index contributed by atoms with van der Waals surface area (Å²) in [5.74, 6) is 0.960. The molecule has 0 amide bonds. The third-order valence-electron chi connectivity index (χ3n) is 12.8. The number of rotatable bonds is 6. The van der Waals surface area contributed by atoms with Crippen molar-refractivity contribution in [1.82, 2.24) is 9.47 Å². The zero-order chi connectivity index (χ0) is 41.9. The van der Waals surface area contributed by atoms with Crippen LogP contribution in [0.1, 0.15) is 22.7 Å². The van der Waals surface area contributed by atoms with Gasteiger partial charge in [-0.3, -0.25) is 0 Å². The molecule has 63 heavy (non-hydrogen) atoms. The molecule has 3 heterocycles. The molecule has 298 valence electrons. The normalized spacial score (nSPS) is 14.0. The predicted molar refractivity (Wildman–Crippen MR) is 262 cm³/mol. The highest BCUT2D eigenvalue weighted by atomic mass is 15.2. The molecule has 0 saturated carbocycles. The van der Waals surface area contributed by atoms with E-state index in [2.05, 4.69) is 252 Å². The Hall–Kier alpha value is -8.21. The number of para-hydroxylation sites is 4. The van der Waals surface area contributed by atoms with Crippen LogP contribution in [0.5, 0.6) is 0 Å². The zero-order valence-corrected chi connectivity index (χ0v) is 34.8. The van der Waals surface area contributed by atoms with Gasteiger partial charge in [0.05, 0.1) is 34.3 Å². The van der Waals surface area contributed by atoms with Crippen molar-refractivity contribution < 1.29 is 0 Å².